The first-order valence-corrected chi connectivity index (χ1v) is 9.63. The summed E-state index contributed by atoms with van der Waals surface area (Å²) < 4.78 is 16.1. The fourth-order valence-electron chi connectivity index (χ4n) is 2.33. The third-order valence-corrected chi connectivity index (χ3v) is 4.72. The molecule has 7 nitrogen and oxygen atoms in total. The number of carbonyl (C=O) groups is 2. The van der Waals surface area contributed by atoms with Crippen molar-refractivity contribution in [1.82, 2.24) is 5.43 Å². The lowest BCUT2D eigenvalue weighted by atomic mass is 10.2. The quantitative estimate of drug-likeness (QED) is 0.298. The normalized spacial score (nSPS) is 11.0. The minimum atomic E-state index is -0.566. The summed E-state index contributed by atoms with van der Waals surface area (Å²) in [6.07, 6.45) is 1.36. The predicted octanol–water partition coefficient (Wildman–Crippen LogP) is 4.82. The van der Waals surface area contributed by atoms with Gasteiger partial charge in [0.15, 0.2) is 18.1 Å². The molecule has 1 aromatic heterocycles. The molecule has 0 unspecified atom stereocenters. The Bertz CT molecular complexity index is 1090. The SMILES string of the molecule is COC(=O)COc1c(Cl)cc(/C=N/NC(=O)c2cc3cc(Br)ccc3o2)cc1Cl. The van der Waals surface area contributed by atoms with Gasteiger partial charge in [-0.25, -0.2) is 10.2 Å². The van der Waals surface area contributed by atoms with Gasteiger partial charge in [-0.15, -0.1) is 0 Å². The summed E-state index contributed by atoms with van der Waals surface area (Å²) in [4.78, 5) is 23.4. The van der Waals surface area contributed by atoms with Gasteiger partial charge < -0.3 is 13.9 Å². The van der Waals surface area contributed by atoms with E-state index in [-0.39, 0.29) is 28.2 Å². The number of methoxy groups -OCH3 is 1. The zero-order valence-electron chi connectivity index (χ0n) is 14.9. The number of nitrogens with one attached hydrogen (secondary N) is 1. The summed E-state index contributed by atoms with van der Waals surface area (Å²) in [7, 11) is 1.24. The first-order chi connectivity index (χ1) is 13.9. The van der Waals surface area contributed by atoms with Gasteiger partial charge in [0.25, 0.3) is 0 Å². The Balaban J connectivity index is 1.67. The number of nitrogens with zero attached hydrogens (tertiary/aromatic N) is 1. The molecule has 0 fully saturated rings. The number of hydrogen-bond acceptors (Lipinski definition) is 6. The summed E-state index contributed by atoms with van der Waals surface area (Å²) in [5.41, 5.74) is 3.47. The number of esters is 1. The molecule has 2 aromatic carbocycles. The lowest BCUT2D eigenvalue weighted by Crippen LogP contribution is -2.16. The van der Waals surface area contributed by atoms with Crippen LogP contribution in [0, 0.1) is 0 Å². The highest BCUT2D eigenvalue weighted by Crippen LogP contribution is 2.33. The number of hydrazone groups is 1. The summed E-state index contributed by atoms with van der Waals surface area (Å²) in [5.74, 6) is -0.807. The van der Waals surface area contributed by atoms with Crippen molar-refractivity contribution >= 4 is 68.2 Å². The molecule has 0 bridgehead atoms. The second kappa shape index (κ2) is 9.30. The number of amides is 1. The van der Waals surface area contributed by atoms with Gasteiger partial charge in [-0.3, -0.25) is 4.79 Å². The second-order valence-corrected chi connectivity index (χ2v) is 7.40. The lowest BCUT2D eigenvalue weighted by molar-refractivity contribution is -0.142. The van der Waals surface area contributed by atoms with E-state index in [1.54, 1.807) is 12.1 Å². The third-order valence-electron chi connectivity index (χ3n) is 3.66. The monoisotopic (exact) mass is 498 g/mol. The van der Waals surface area contributed by atoms with Crippen LogP contribution in [-0.4, -0.2) is 31.8 Å². The van der Waals surface area contributed by atoms with Crippen LogP contribution in [0.4, 0.5) is 0 Å². The van der Waals surface area contributed by atoms with E-state index in [4.69, 9.17) is 32.4 Å². The number of carbonyl (C=O) groups excluding carboxylic acids is 2. The van der Waals surface area contributed by atoms with Crippen molar-refractivity contribution in [2.75, 3.05) is 13.7 Å². The maximum absolute atomic E-state index is 12.2. The Morgan fingerprint density at radius 3 is 2.62 bits per heavy atom. The largest absolute Gasteiger partial charge is 0.479 e. The number of ether oxygens (including phenoxy) is 2. The Morgan fingerprint density at radius 1 is 1.21 bits per heavy atom. The maximum Gasteiger partial charge on any atom is 0.343 e. The Hall–Kier alpha value is -2.55. The molecule has 0 saturated heterocycles. The summed E-state index contributed by atoms with van der Waals surface area (Å²) in [6, 6.07) is 10.1. The smallest absolute Gasteiger partial charge is 0.343 e. The fraction of sp³-hybridized carbons (Fsp3) is 0.105. The van der Waals surface area contributed by atoms with Crippen LogP contribution < -0.4 is 10.2 Å². The number of halogens is 3. The van der Waals surface area contributed by atoms with Gasteiger partial charge >= 0.3 is 11.9 Å². The Kier molecular flexibility index (Phi) is 6.79. The van der Waals surface area contributed by atoms with Gasteiger partial charge in [-0.1, -0.05) is 39.1 Å². The molecular weight excluding hydrogens is 487 g/mol. The number of hydrogen-bond donors (Lipinski definition) is 1. The minimum absolute atomic E-state index is 0.123. The van der Waals surface area contributed by atoms with Crippen LogP contribution in [0.3, 0.4) is 0 Å². The Morgan fingerprint density at radius 2 is 1.93 bits per heavy atom. The van der Waals surface area contributed by atoms with Gasteiger partial charge in [0.05, 0.1) is 23.4 Å². The van der Waals surface area contributed by atoms with Crippen LogP contribution in [0.2, 0.25) is 10.0 Å². The molecule has 1 heterocycles. The zero-order valence-corrected chi connectivity index (χ0v) is 18.0. The first kappa shape index (κ1) is 21.2. The van der Waals surface area contributed by atoms with Gasteiger partial charge in [0.1, 0.15) is 5.58 Å². The van der Waals surface area contributed by atoms with Gasteiger partial charge in [-0.05, 0) is 42.0 Å². The molecule has 0 aliphatic rings. The summed E-state index contributed by atoms with van der Waals surface area (Å²) in [6.45, 7) is -0.326. The number of benzene rings is 2. The van der Waals surface area contributed by atoms with Crippen molar-refractivity contribution in [3.63, 3.8) is 0 Å². The van der Waals surface area contributed by atoms with Crippen molar-refractivity contribution < 1.29 is 23.5 Å². The number of rotatable bonds is 6. The molecule has 3 rings (SSSR count). The van der Waals surface area contributed by atoms with Crippen molar-refractivity contribution in [2.24, 2.45) is 5.10 Å². The van der Waals surface area contributed by atoms with Gasteiger partial charge in [0, 0.05) is 9.86 Å². The molecule has 1 amide bonds. The van der Waals surface area contributed by atoms with E-state index in [1.165, 1.54) is 25.5 Å². The summed E-state index contributed by atoms with van der Waals surface area (Å²) >= 11 is 15.6. The summed E-state index contributed by atoms with van der Waals surface area (Å²) in [5, 5.41) is 5.02. The highest BCUT2D eigenvalue weighted by atomic mass is 79.9. The molecule has 0 aliphatic heterocycles. The molecule has 0 radical (unpaired) electrons. The number of fused-ring (bicyclic) bond motifs is 1. The molecule has 0 aliphatic carbocycles. The number of furan rings is 1. The lowest BCUT2D eigenvalue weighted by Gasteiger charge is -2.09. The van der Waals surface area contributed by atoms with Crippen molar-refractivity contribution in [3.8, 4) is 5.75 Å². The first-order valence-electron chi connectivity index (χ1n) is 8.08. The van der Waals surface area contributed by atoms with Crippen LogP contribution in [0.15, 0.2) is 50.4 Å². The van der Waals surface area contributed by atoms with Crippen LogP contribution in [0.25, 0.3) is 11.0 Å². The van der Waals surface area contributed by atoms with E-state index in [0.29, 0.717) is 11.1 Å². The molecular formula is C19H13BrCl2N2O5. The average molecular weight is 500 g/mol. The van der Waals surface area contributed by atoms with Gasteiger partial charge in [0.2, 0.25) is 0 Å². The van der Waals surface area contributed by atoms with E-state index in [0.717, 1.165) is 9.86 Å². The Labute approximate surface area is 183 Å². The second-order valence-electron chi connectivity index (χ2n) is 5.67. The van der Waals surface area contributed by atoms with Crippen LogP contribution >= 0.6 is 39.1 Å². The molecule has 3 aromatic rings. The maximum atomic E-state index is 12.2. The minimum Gasteiger partial charge on any atom is -0.479 e. The van der Waals surface area contributed by atoms with Gasteiger partial charge in [-0.2, -0.15) is 5.10 Å². The molecule has 29 heavy (non-hydrogen) atoms. The molecule has 10 heteroatoms. The van der Waals surface area contributed by atoms with Crippen LogP contribution in [0.5, 0.6) is 5.75 Å². The van der Waals surface area contributed by atoms with Crippen LogP contribution in [0.1, 0.15) is 16.1 Å². The van der Waals surface area contributed by atoms with Crippen molar-refractivity contribution in [1.29, 1.82) is 0 Å². The van der Waals surface area contributed by atoms with E-state index in [1.807, 2.05) is 12.1 Å². The zero-order chi connectivity index (χ0) is 21.0. The van der Waals surface area contributed by atoms with E-state index < -0.39 is 11.9 Å². The van der Waals surface area contributed by atoms with E-state index in [2.05, 4.69) is 31.2 Å². The highest BCUT2D eigenvalue weighted by molar-refractivity contribution is 9.10. The topological polar surface area (TPSA) is 90.1 Å². The molecule has 0 spiro atoms. The predicted molar refractivity (Wildman–Crippen MR) is 113 cm³/mol. The molecule has 0 atom stereocenters. The highest BCUT2D eigenvalue weighted by Gasteiger charge is 2.13. The van der Waals surface area contributed by atoms with E-state index >= 15 is 0 Å². The third kappa shape index (κ3) is 5.29. The van der Waals surface area contributed by atoms with Crippen molar-refractivity contribution in [2.45, 2.75) is 0 Å². The fourth-order valence-corrected chi connectivity index (χ4v) is 3.32. The standard InChI is InChI=1S/C19H13BrCl2N2O5/c1-27-17(25)9-28-18-13(21)4-10(5-14(18)22)8-23-24-19(26)16-7-11-6-12(20)2-3-15(11)29-16/h2-8H,9H2,1H3,(H,24,26)/b23-8+. The molecule has 150 valence electrons. The van der Waals surface area contributed by atoms with Crippen molar-refractivity contribution in [3.05, 3.63) is 62.2 Å². The van der Waals surface area contributed by atoms with E-state index in [9.17, 15) is 9.59 Å². The van der Waals surface area contributed by atoms with Crippen LogP contribution in [-0.2, 0) is 9.53 Å². The molecule has 1 N–H and O–H groups in total. The average Bonchev–Trinajstić information content (AvgIpc) is 3.10. The molecule has 0 saturated carbocycles.